The zero-order valence-corrected chi connectivity index (χ0v) is 16.0. The molecule has 0 fully saturated rings. The van der Waals surface area contributed by atoms with Crippen molar-refractivity contribution in [2.75, 3.05) is 25.1 Å². The Kier molecular flexibility index (Phi) is 10.00. The molecule has 0 aliphatic carbocycles. The summed E-state index contributed by atoms with van der Waals surface area (Å²) in [4.78, 5) is 16.8. The Hall–Kier alpha value is -1.69. The van der Waals surface area contributed by atoms with E-state index in [1.165, 1.54) is 0 Å². The topological polar surface area (TPSA) is 65.5 Å². The molecule has 1 atom stereocenters. The van der Waals surface area contributed by atoms with Crippen molar-refractivity contribution in [3.8, 4) is 0 Å². The van der Waals surface area contributed by atoms with E-state index in [9.17, 15) is 4.79 Å². The van der Waals surface area contributed by atoms with Gasteiger partial charge in [0.05, 0.1) is 6.54 Å². The van der Waals surface area contributed by atoms with Crippen LogP contribution in [0.5, 0.6) is 0 Å². The molecule has 0 spiro atoms. The average Bonchev–Trinajstić information content (AvgIpc) is 2.60. The van der Waals surface area contributed by atoms with Gasteiger partial charge < -0.3 is 16.0 Å². The first-order chi connectivity index (χ1) is 11.6. The van der Waals surface area contributed by atoms with E-state index in [1.807, 2.05) is 38.1 Å². The summed E-state index contributed by atoms with van der Waals surface area (Å²) in [6.45, 7) is 8.36. The largest absolute Gasteiger partial charge is 0.357 e. The van der Waals surface area contributed by atoms with Gasteiger partial charge in [-0.15, -0.1) is 0 Å². The normalized spacial score (nSPS) is 12.6. The maximum absolute atomic E-state index is 12.2. The highest BCUT2D eigenvalue weighted by atomic mass is 32.2. The van der Waals surface area contributed by atoms with E-state index in [1.54, 1.807) is 11.8 Å². The van der Waals surface area contributed by atoms with Gasteiger partial charge in [0.2, 0.25) is 0 Å². The van der Waals surface area contributed by atoms with E-state index in [0.717, 1.165) is 36.8 Å². The maximum atomic E-state index is 12.2. The van der Waals surface area contributed by atoms with E-state index in [4.69, 9.17) is 0 Å². The number of carbonyl (C=O) groups excluding carboxylic acids is 1. The van der Waals surface area contributed by atoms with Gasteiger partial charge in [0.15, 0.2) is 5.96 Å². The highest BCUT2D eigenvalue weighted by molar-refractivity contribution is 7.98. The number of aliphatic imine (C=N–C) groups is 1. The first-order valence-electron chi connectivity index (χ1n) is 8.51. The van der Waals surface area contributed by atoms with Gasteiger partial charge in [0, 0.05) is 30.4 Å². The number of amides is 1. The molecule has 5 nitrogen and oxygen atoms in total. The number of rotatable bonds is 9. The molecule has 0 saturated heterocycles. The number of nitrogens with zero attached hydrogens (tertiary/aromatic N) is 1. The lowest BCUT2D eigenvalue weighted by atomic mass is 10.1. The number of hydrogen-bond acceptors (Lipinski definition) is 3. The molecule has 3 N–H and O–H groups in total. The number of carbonyl (C=O) groups is 1. The van der Waals surface area contributed by atoms with E-state index < -0.39 is 0 Å². The second-order valence-corrected chi connectivity index (χ2v) is 6.58. The van der Waals surface area contributed by atoms with Crippen LogP contribution in [0.2, 0.25) is 0 Å². The van der Waals surface area contributed by atoms with Crippen molar-refractivity contribution in [3.63, 3.8) is 0 Å². The second-order valence-electron chi connectivity index (χ2n) is 5.60. The molecule has 0 heterocycles. The molecule has 1 amide bonds. The molecule has 0 aromatic heterocycles. The van der Waals surface area contributed by atoms with Gasteiger partial charge in [0.25, 0.3) is 5.91 Å². The van der Waals surface area contributed by atoms with E-state index >= 15 is 0 Å². The zero-order chi connectivity index (χ0) is 17.8. The molecule has 0 saturated carbocycles. The molecule has 1 rings (SSSR count). The second kappa shape index (κ2) is 11.8. The van der Waals surface area contributed by atoms with Crippen molar-refractivity contribution < 1.29 is 4.79 Å². The lowest BCUT2D eigenvalue weighted by molar-refractivity contribution is 0.0939. The minimum atomic E-state index is -0.0276. The number of guanidine groups is 1. The molecule has 0 bridgehead atoms. The van der Waals surface area contributed by atoms with Gasteiger partial charge in [-0.05, 0) is 44.2 Å². The monoisotopic (exact) mass is 350 g/mol. The Morgan fingerprint density at radius 2 is 2.08 bits per heavy atom. The van der Waals surface area contributed by atoms with Crippen molar-refractivity contribution in [2.45, 2.75) is 39.8 Å². The number of hydrogen-bond donors (Lipinski definition) is 3. The smallest absolute Gasteiger partial charge is 0.251 e. The molecule has 0 aliphatic rings. The minimum Gasteiger partial charge on any atom is -0.357 e. The van der Waals surface area contributed by atoms with Gasteiger partial charge >= 0.3 is 0 Å². The van der Waals surface area contributed by atoms with Gasteiger partial charge in [0.1, 0.15) is 0 Å². The van der Waals surface area contributed by atoms with Crippen LogP contribution in [-0.4, -0.2) is 43.0 Å². The molecular weight excluding hydrogens is 320 g/mol. The van der Waals surface area contributed by atoms with Crippen molar-refractivity contribution in [1.29, 1.82) is 0 Å². The molecule has 6 heteroatoms. The number of nitrogens with one attached hydrogen (secondary N) is 3. The molecule has 134 valence electrons. The van der Waals surface area contributed by atoms with Crippen LogP contribution in [0, 0.1) is 0 Å². The summed E-state index contributed by atoms with van der Waals surface area (Å²) in [5, 5.41) is 9.53. The summed E-state index contributed by atoms with van der Waals surface area (Å²) < 4.78 is 0. The van der Waals surface area contributed by atoms with E-state index in [2.05, 4.69) is 34.1 Å². The fourth-order valence-corrected chi connectivity index (χ4v) is 2.31. The van der Waals surface area contributed by atoms with Crippen molar-refractivity contribution in [2.24, 2.45) is 4.99 Å². The van der Waals surface area contributed by atoms with Crippen LogP contribution in [0.1, 0.15) is 43.1 Å². The Balaban J connectivity index is 2.70. The fraction of sp³-hybridized carbons (Fsp3) is 0.556. The van der Waals surface area contributed by atoms with Crippen molar-refractivity contribution in [1.82, 2.24) is 16.0 Å². The number of thioether (sulfide) groups is 1. The zero-order valence-electron chi connectivity index (χ0n) is 15.2. The Morgan fingerprint density at radius 1 is 1.29 bits per heavy atom. The molecule has 24 heavy (non-hydrogen) atoms. The van der Waals surface area contributed by atoms with Gasteiger partial charge in [-0.25, -0.2) is 4.99 Å². The minimum absolute atomic E-state index is 0.0276. The standard InChI is InChI=1S/C18H30N4OS/c1-5-14(3)22-17(23)16-9-7-8-15(12-16)13-21-18(19-6-2)20-10-11-24-4/h7-9,12,14H,5-6,10-11,13H2,1-4H3,(H,22,23)(H2,19,20,21). The summed E-state index contributed by atoms with van der Waals surface area (Å²) in [6, 6.07) is 7.83. The van der Waals surface area contributed by atoms with Crippen LogP contribution in [0.25, 0.3) is 0 Å². The summed E-state index contributed by atoms with van der Waals surface area (Å²) >= 11 is 1.80. The van der Waals surface area contributed by atoms with Gasteiger partial charge in [-0.2, -0.15) is 11.8 Å². The highest BCUT2D eigenvalue weighted by Gasteiger charge is 2.08. The lowest BCUT2D eigenvalue weighted by Crippen LogP contribution is -2.38. The Bertz CT molecular complexity index is 534. The Morgan fingerprint density at radius 3 is 2.75 bits per heavy atom. The highest BCUT2D eigenvalue weighted by Crippen LogP contribution is 2.07. The van der Waals surface area contributed by atoms with Gasteiger partial charge in [-0.3, -0.25) is 4.79 Å². The first-order valence-corrected chi connectivity index (χ1v) is 9.91. The first kappa shape index (κ1) is 20.4. The van der Waals surface area contributed by atoms with Crippen molar-refractivity contribution >= 4 is 23.6 Å². The van der Waals surface area contributed by atoms with E-state index in [0.29, 0.717) is 12.1 Å². The van der Waals surface area contributed by atoms with Crippen LogP contribution >= 0.6 is 11.8 Å². The van der Waals surface area contributed by atoms with Gasteiger partial charge in [-0.1, -0.05) is 19.1 Å². The SMILES string of the molecule is CCNC(=NCc1cccc(C(=O)NC(C)CC)c1)NCCSC. The molecule has 0 aliphatic heterocycles. The Labute approximate surface area is 150 Å². The van der Waals surface area contributed by atoms with Crippen molar-refractivity contribution in [3.05, 3.63) is 35.4 Å². The third kappa shape index (κ3) is 7.73. The van der Waals surface area contributed by atoms with E-state index in [-0.39, 0.29) is 11.9 Å². The summed E-state index contributed by atoms with van der Waals surface area (Å²) in [6.07, 6.45) is 3.01. The van der Waals surface area contributed by atoms with Crippen LogP contribution in [-0.2, 0) is 6.54 Å². The molecule has 0 radical (unpaired) electrons. The average molecular weight is 351 g/mol. The molecule has 1 aromatic carbocycles. The lowest BCUT2D eigenvalue weighted by Gasteiger charge is -2.12. The summed E-state index contributed by atoms with van der Waals surface area (Å²) in [7, 11) is 0. The van der Waals surface area contributed by atoms with Crippen LogP contribution in [0.4, 0.5) is 0 Å². The predicted octanol–water partition coefficient (Wildman–Crippen LogP) is 2.63. The molecule has 1 aromatic rings. The van der Waals surface area contributed by atoms with Crippen LogP contribution < -0.4 is 16.0 Å². The molecular formula is C18H30N4OS. The summed E-state index contributed by atoms with van der Waals surface area (Å²) in [5.41, 5.74) is 1.71. The van der Waals surface area contributed by atoms with Crippen LogP contribution in [0.3, 0.4) is 0 Å². The summed E-state index contributed by atoms with van der Waals surface area (Å²) in [5.74, 6) is 1.82. The quantitative estimate of drug-likeness (QED) is 0.364. The van der Waals surface area contributed by atoms with Crippen LogP contribution in [0.15, 0.2) is 29.3 Å². The maximum Gasteiger partial charge on any atom is 0.251 e. The fourth-order valence-electron chi connectivity index (χ4n) is 2.00. The molecule has 1 unspecified atom stereocenters. The number of benzene rings is 1. The predicted molar refractivity (Wildman–Crippen MR) is 105 cm³/mol. The third-order valence-corrected chi connectivity index (χ3v) is 4.15. The third-order valence-electron chi connectivity index (χ3n) is 3.54.